The molecule has 14 heteroatoms. The van der Waals surface area contributed by atoms with Crippen LogP contribution in [0.15, 0.2) is 18.3 Å². The van der Waals surface area contributed by atoms with Crippen molar-refractivity contribution >= 4 is 11.8 Å². The highest BCUT2D eigenvalue weighted by atomic mass is 19.4. The lowest BCUT2D eigenvalue weighted by atomic mass is 9.81. The Bertz CT molecular complexity index is 1270. The van der Waals surface area contributed by atoms with Crippen molar-refractivity contribution in [3.63, 3.8) is 0 Å². The lowest BCUT2D eigenvalue weighted by Gasteiger charge is -2.42. The number of amides is 2. The molecule has 10 nitrogen and oxygen atoms in total. The van der Waals surface area contributed by atoms with E-state index in [-0.39, 0.29) is 91.9 Å². The van der Waals surface area contributed by atoms with E-state index in [9.17, 15) is 27.2 Å². The fraction of sp³-hybridized carbons (Fsp3) is 0.643. The van der Waals surface area contributed by atoms with Gasteiger partial charge in [-0.05, 0) is 57.4 Å². The van der Waals surface area contributed by atoms with Gasteiger partial charge in [0.2, 0.25) is 11.8 Å². The highest BCUT2D eigenvalue weighted by Crippen LogP contribution is 2.45. The van der Waals surface area contributed by atoms with Crippen molar-refractivity contribution in [3.05, 3.63) is 29.8 Å². The maximum absolute atomic E-state index is 14.4. The Labute approximate surface area is 240 Å². The van der Waals surface area contributed by atoms with Gasteiger partial charge in [0.05, 0.1) is 32.2 Å². The van der Waals surface area contributed by atoms with E-state index in [0.717, 1.165) is 19.0 Å². The molecule has 2 aromatic rings. The van der Waals surface area contributed by atoms with Crippen molar-refractivity contribution in [2.24, 2.45) is 5.92 Å². The van der Waals surface area contributed by atoms with Gasteiger partial charge in [0.1, 0.15) is 0 Å². The third-order valence-electron chi connectivity index (χ3n) is 8.79. The zero-order valence-electron chi connectivity index (χ0n) is 23.5. The Morgan fingerprint density at radius 1 is 1.10 bits per heavy atom. The smallest absolute Gasteiger partial charge is 0.417 e. The summed E-state index contributed by atoms with van der Waals surface area (Å²) in [6, 6.07) is 2.20. The van der Waals surface area contributed by atoms with Crippen molar-refractivity contribution in [2.75, 3.05) is 27.4 Å². The molecule has 2 aliphatic heterocycles. The number of rotatable bonds is 9. The van der Waals surface area contributed by atoms with Crippen molar-refractivity contribution < 1.29 is 41.4 Å². The van der Waals surface area contributed by atoms with Gasteiger partial charge in [-0.1, -0.05) is 0 Å². The molecule has 3 aliphatic rings. The fourth-order valence-corrected chi connectivity index (χ4v) is 6.54. The molecule has 230 valence electrons. The number of alkyl halides is 3. The summed E-state index contributed by atoms with van der Waals surface area (Å²) in [6.45, 7) is -0.0799. The van der Waals surface area contributed by atoms with Crippen LogP contribution in [0.2, 0.25) is 0 Å². The molecule has 0 radical (unpaired) electrons. The molecule has 2 N–H and O–H groups in total. The molecule has 3 atom stereocenters. The number of methoxy groups -OCH3 is 2. The first-order valence-corrected chi connectivity index (χ1v) is 14.1. The van der Waals surface area contributed by atoms with Gasteiger partial charge in [-0.2, -0.15) is 18.3 Å². The molecule has 5 rings (SSSR count). The number of aromatic amines is 1. The summed E-state index contributed by atoms with van der Waals surface area (Å²) in [5.41, 5.74) is -1.60. The van der Waals surface area contributed by atoms with E-state index in [1.165, 1.54) is 26.4 Å². The minimum Gasteiger partial charge on any atom is -0.481 e. The molecule has 1 aliphatic carbocycles. The van der Waals surface area contributed by atoms with E-state index in [1.807, 2.05) is 0 Å². The van der Waals surface area contributed by atoms with Crippen LogP contribution < -0.4 is 10.1 Å². The second kappa shape index (κ2) is 12.2. The number of piperidine rings is 1. The van der Waals surface area contributed by atoms with E-state index in [0.29, 0.717) is 18.5 Å². The number of halogens is 4. The van der Waals surface area contributed by atoms with Crippen LogP contribution in [0.3, 0.4) is 0 Å². The minimum atomic E-state index is -4.51. The number of hydrogen-bond acceptors (Lipinski definition) is 7. The van der Waals surface area contributed by atoms with Crippen molar-refractivity contribution in [2.45, 2.75) is 81.3 Å². The third-order valence-corrected chi connectivity index (χ3v) is 8.79. The number of fused-ring (bicyclic) bond motifs is 2. The molecule has 42 heavy (non-hydrogen) atoms. The highest BCUT2D eigenvalue weighted by Gasteiger charge is 2.57. The van der Waals surface area contributed by atoms with Crippen LogP contribution in [0.25, 0.3) is 11.3 Å². The number of hydrogen-bond donors (Lipinski definition) is 2. The largest absolute Gasteiger partial charge is 0.481 e. The zero-order chi connectivity index (χ0) is 30.1. The van der Waals surface area contributed by atoms with Crippen LogP contribution in [0.5, 0.6) is 5.88 Å². The normalized spacial score (nSPS) is 27.6. The molecule has 2 bridgehead atoms. The number of nitrogens with zero attached hydrogens (tertiary/aromatic N) is 3. The average molecular weight is 598 g/mol. The van der Waals surface area contributed by atoms with Crippen LogP contribution in [-0.4, -0.2) is 89.2 Å². The lowest BCUT2D eigenvalue weighted by Crippen LogP contribution is -2.55. The minimum absolute atomic E-state index is 0.0708. The molecule has 2 saturated heterocycles. The number of pyridine rings is 1. The van der Waals surface area contributed by atoms with Crippen LogP contribution in [-0.2, 0) is 14.3 Å². The molecule has 3 fully saturated rings. The molecule has 2 aromatic heterocycles. The monoisotopic (exact) mass is 597 g/mol. The number of nitrogens with one attached hydrogen (secondary N) is 2. The molecule has 0 spiro atoms. The zero-order valence-corrected chi connectivity index (χ0v) is 23.5. The molecule has 1 saturated carbocycles. The molecule has 4 heterocycles. The molecule has 2 amide bonds. The van der Waals surface area contributed by atoms with E-state index in [2.05, 4.69) is 20.5 Å². The Balaban J connectivity index is 1.18. The summed E-state index contributed by atoms with van der Waals surface area (Å²) in [7, 11) is 2.82. The summed E-state index contributed by atoms with van der Waals surface area (Å²) in [4.78, 5) is 32.2. The number of ether oxygens (including phenoxy) is 3. The SMILES string of the molecule is COCCO[C@]1(C(F)(F)F)CC[C@H](NC(=O)[C@@H]2C[C@H]3CC[C@@H](C2)N3C(=O)c2cc(-c3cc(OC)ncc3F)[nH]n2)CC1. The molecule has 0 aromatic carbocycles. The maximum atomic E-state index is 14.4. The van der Waals surface area contributed by atoms with Gasteiger partial charge in [-0.15, -0.1) is 0 Å². The van der Waals surface area contributed by atoms with Gasteiger partial charge in [0.15, 0.2) is 17.1 Å². The molecular weight excluding hydrogens is 562 g/mol. The Morgan fingerprint density at radius 2 is 1.79 bits per heavy atom. The standard InChI is InChI=1S/C28H35F4N5O5/c1-40-9-10-42-27(28(30,31)32)7-5-17(6-8-27)34-25(38)16-11-18-3-4-19(12-16)37(18)26(39)23-14-22(35-36-23)20-13-24(41-2)33-15-21(20)29/h13-19H,3-12H2,1-2H3,(H,34,38)(H,35,36)/t16-,17-,18-,19+,27+. The average Bonchev–Trinajstić information content (AvgIpc) is 3.55. The fourth-order valence-electron chi connectivity index (χ4n) is 6.54. The summed E-state index contributed by atoms with van der Waals surface area (Å²) in [5, 5.41) is 9.81. The van der Waals surface area contributed by atoms with Crippen LogP contribution >= 0.6 is 0 Å². The summed E-state index contributed by atoms with van der Waals surface area (Å²) in [5.74, 6) is -1.20. The predicted molar refractivity (Wildman–Crippen MR) is 141 cm³/mol. The van der Waals surface area contributed by atoms with Gasteiger partial charge in [0, 0.05) is 42.8 Å². The lowest BCUT2D eigenvalue weighted by molar-refractivity contribution is -0.290. The quantitative estimate of drug-likeness (QED) is 0.331. The summed E-state index contributed by atoms with van der Waals surface area (Å²) < 4.78 is 71.1. The van der Waals surface area contributed by atoms with Crippen molar-refractivity contribution in [1.82, 2.24) is 25.4 Å². The summed E-state index contributed by atoms with van der Waals surface area (Å²) >= 11 is 0. The summed E-state index contributed by atoms with van der Waals surface area (Å²) in [6.07, 6.45) is -1.22. The van der Waals surface area contributed by atoms with E-state index >= 15 is 0 Å². The molecular formula is C28H35F4N5O5. The van der Waals surface area contributed by atoms with E-state index in [4.69, 9.17) is 14.2 Å². The van der Waals surface area contributed by atoms with Gasteiger partial charge in [0.25, 0.3) is 5.91 Å². The van der Waals surface area contributed by atoms with Crippen LogP contribution in [0.1, 0.15) is 61.9 Å². The molecule has 0 unspecified atom stereocenters. The van der Waals surface area contributed by atoms with Gasteiger partial charge in [-0.3, -0.25) is 14.7 Å². The Morgan fingerprint density at radius 3 is 2.40 bits per heavy atom. The van der Waals surface area contributed by atoms with Gasteiger partial charge < -0.3 is 24.4 Å². The second-order valence-electron chi connectivity index (χ2n) is 11.3. The third kappa shape index (κ3) is 5.96. The first-order chi connectivity index (χ1) is 20.0. The first-order valence-electron chi connectivity index (χ1n) is 14.1. The first kappa shape index (κ1) is 30.2. The van der Waals surface area contributed by atoms with Gasteiger partial charge in [-0.25, -0.2) is 9.37 Å². The van der Waals surface area contributed by atoms with E-state index in [1.54, 1.807) is 4.90 Å². The van der Waals surface area contributed by atoms with Crippen molar-refractivity contribution in [3.8, 4) is 17.1 Å². The number of carbonyl (C=O) groups is 2. The number of aromatic nitrogens is 3. The van der Waals surface area contributed by atoms with Crippen LogP contribution in [0, 0.1) is 11.7 Å². The van der Waals surface area contributed by atoms with Crippen LogP contribution in [0.4, 0.5) is 17.6 Å². The Kier molecular flexibility index (Phi) is 8.74. The number of H-pyrrole nitrogens is 1. The topological polar surface area (TPSA) is 119 Å². The Hall–Kier alpha value is -3.26. The maximum Gasteiger partial charge on any atom is 0.417 e. The highest BCUT2D eigenvalue weighted by molar-refractivity contribution is 5.94. The van der Waals surface area contributed by atoms with Gasteiger partial charge >= 0.3 is 6.18 Å². The second-order valence-corrected chi connectivity index (χ2v) is 11.3. The predicted octanol–water partition coefficient (Wildman–Crippen LogP) is 4.03. The number of carbonyl (C=O) groups excluding carboxylic acids is 2. The van der Waals surface area contributed by atoms with Crippen molar-refractivity contribution in [1.29, 1.82) is 0 Å². The van der Waals surface area contributed by atoms with E-state index < -0.39 is 17.6 Å².